The number of hydrogen-bond donors (Lipinski definition) is 0. The first kappa shape index (κ1) is 19.3. The van der Waals surface area contributed by atoms with Crippen LogP contribution < -0.4 is 0 Å². The quantitative estimate of drug-likeness (QED) is 0.236. The molecule has 2 unspecified atom stereocenters. The number of ether oxygens (including phenoxy) is 1. The van der Waals surface area contributed by atoms with Gasteiger partial charge in [-0.3, -0.25) is 10.1 Å². The first-order valence-corrected chi connectivity index (χ1v) is 9.16. The van der Waals surface area contributed by atoms with Crippen molar-refractivity contribution in [2.45, 2.75) is 12.8 Å². The third-order valence-corrected chi connectivity index (χ3v) is 5.22. The van der Waals surface area contributed by atoms with Gasteiger partial charge in [0.05, 0.1) is 4.92 Å². The molecule has 0 N–H and O–H groups in total. The maximum atomic E-state index is 13.3. The normalized spacial score (nSPS) is 23.5. The molecule has 1 fully saturated rings. The maximum absolute atomic E-state index is 13.3. The van der Waals surface area contributed by atoms with Crippen molar-refractivity contribution in [2.24, 2.45) is 4.99 Å². The standard InChI is InChI=1S/C19H12Cl2N3O5/c20-15-14(12-7-4-8-13(9-12)23(27)28)24(18-19(26)29-18,17(25)16(21)22-15)10-11-5-2-1-3-6-11/h1-9,18H,10H2/q+1. The highest BCUT2D eigenvalue weighted by molar-refractivity contribution is 6.82. The summed E-state index contributed by atoms with van der Waals surface area (Å²) in [7, 11) is 0. The van der Waals surface area contributed by atoms with Crippen LogP contribution in [-0.2, 0) is 20.9 Å². The summed E-state index contributed by atoms with van der Waals surface area (Å²) in [4.78, 5) is 39.9. The summed E-state index contributed by atoms with van der Waals surface area (Å²) in [5.41, 5.74) is 0.894. The maximum Gasteiger partial charge on any atom is 0.414 e. The van der Waals surface area contributed by atoms with Crippen molar-refractivity contribution in [3.63, 3.8) is 0 Å². The van der Waals surface area contributed by atoms with Gasteiger partial charge in [0.2, 0.25) is 5.17 Å². The van der Waals surface area contributed by atoms with Crippen molar-refractivity contribution in [2.75, 3.05) is 0 Å². The summed E-state index contributed by atoms with van der Waals surface area (Å²) in [6, 6.07) is 14.5. The number of halogens is 2. The summed E-state index contributed by atoms with van der Waals surface area (Å²) in [5.74, 6) is -1.29. The van der Waals surface area contributed by atoms with E-state index >= 15 is 0 Å². The molecule has 0 saturated carbocycles. The van der Waals surface area contributed by atoms with Crippen molar-refractivity contribution in [1.82, 2.24) is 0 Å². The minimum atomic E-state index is -1.17. The Kier molecular flexibility index (Phi) is 4.70. The van der Waals surface area contributed by atoms with E-state index in [0.717, 1.165) is 0 Å². The van der Waals surface area contributed by atoms with Gasteiger partial charge in [-0.05, 0) is 6.07 Å². The molecule has 2 aromatic rings. The number of aliphatic imine (C=N–C) groups is 1. The number of cyclic esters (lactones) is 1. The van der Waals surface area contributed by atoms with Crippen LogP contribution in [0.1, 0.15) is 11.1 Å². The summed E-state index contributed by atoms with van der Waals surface area (Å²) in [6.45, 7) is -0.00390. The zero-order chi connectivity index (χ0) is 20.8. The Hall–Kier alpha value is -3.07. The molecule has 0 bridgehead atoms. The molecule has 1 saturated heterocycles. The second kappa shape index (κ2) is 7.07. The van der Waals surface area contributed by atoms with Crippen LogP contribution in [0.4, 0.5) is 5.69 Å². The predicted molar refractivity (Wildman–Crippen MR) is 104 cm³/mol. The van der Waals surface area contributed by atoms with E-state index in [1.54, 1.807) is 30.3 Å². The molecule has 2 heterocycles. The van der Waals surface area contributed by atoms with Gasteiger partial charge in [-0.1, -0.05) is 59.6 Å². The van der Waals surface area contributed by atoms with E-state index < -0.39 is 32.7 Å². The van der Waals surface area contributed by atoms with E-state index in [-0.39, 0.29) is 28.6 Å². The van der Waals surface area contributed by atoms with Gasteiger partial charge >= 0.3 is 18.1 Å². The molecule has 1 amide bonds. The SMILES string of the molecule is O=C1OC1[N+]1(Cc2ccccc2)C(=O)C(Cl)=NC(Cl)=C1c1cccc([N+](=O)[O-])c1. The molecule has 0 aromatic heterocycles. The van der Waals surface area contributed by atoms with Gasteiger partial charge in [-0.25, -0.2) is 14.6 Å². The van der Waals surface area contributed by atoms with E-state index in [1.807, 2.05) is 6.07 Å². The first-order chi connectivity index (χ1) is 13.8. The van der Waals surface area contributed by atoms with Crippen molar-refractivity contribution >= 4 is 51.6 Å². The van der Waals surface area contributed by atoms with E-state index in [4.69, 9.17) is 27.9 Å². The number of hydrogen-bond acceptors (Lipinski definition) is 6. The molecule has 2 aliphatic heterocycles. The molecule has 10 heteroatoms. The average Bonchev–Trinajstić information content (AvgIpc) is 3.44. The first-order valence-electron chi connectivity index (χ1n) is 8.41. The van der Waals surface area contributed by atoms with E-state index in [0.29, 0.717) is 5.56 Å². The number of carbonyl (C=O) groups is 2. The highest BCUT2D eigenvalue weighted by Crippen LogP contribution is 2.46. The summed E-state index contributed by atoms with van der Waals surface area (Å²) >= 11 is 12.4. The summed E-state index contributed by atoms with van der Waals surface area (Å²) in [6.07, 6.45) is -1.17. The molecule has 146 valence electrons. The second-order valence-corrected chi connectivity index (χ2v) is 7.17. The monoisotopic (exact) mass is 432 g/mol. The number of amides is 1. The molecule has 0 aliphatic carbocycles. The number of benzene rings is 2. The lowest BCUT2D eigenvalue weighted by Crippen LogP contribution is -2.56. The number of nitro groups is 1. The molecule has 0 radical (unpaired) electrons. The van der Waals surface area contributed by atoms with Crippen molar-refractivity contribution in [1.29, 1.82) is 0 Å². The molecular formula is C19H12Cl2N3O5+. The smallest absolute Gasteiger partial charge is 0.393 e. The topological polar surface area (TPSA) is 102 Å². The van der Waals surface area contributed by atoms with E-state index in [1.165, 1.54) is 18.2 Å². The Morgan fingerprint density at radius 3 is 2.41 bits per heavy atom. The zero-order valence-electron chi connectivity index (χ0n) is 14.6. The number of epoxide rings is 1. The lowest BCUT2D eigenvalue weighted by molar-refractivity contribution is -0.814. The highest BCUT2D eigenvalue weighted by atomic mass is 35.5. The highest BCUT2D eigenvalue weighted by Gasteiger charge is 2.66. The Bertz CT molecular complexity index is 1120. The molecule has 2 aliphatic rings. The third kappa shape index (κ3) is 3.21. The van der Waals surface area contributed by atoms with Crippen molar-refractivity contribution < 1.29 is 23.7 Å². The lowest BCUT2D eigenvalue weighted by atomic mass is 10.0. The van der Waals surface area contributed by atoms with E-state index in [2.05, 4.69) is 4.99 Å². The van der Waals surface area contributed by atoms with Crippen LogP contribution in [-0.4, -0.2) is 32.7 Å². The Morgan fingerprint density at radius 2 is 1.79 bits per heavy atom. The Morgan fingerprint density at radius 1 is 1.10 bits per heavy atom. The number of nitro benzene ring substituents is 1. The Balaban J connectivity index is 1.97. The molecule has 29 heavy (non-hydrogen) atoms. The molecular weight excluding hydrogens is 421 g/mol. The van der Waals surface area contributed by atoms with Gasteiger partial charge in [0.25, 0.3) is 5.69 Å². The Labute approximate surface area is 174 Å². The number of carbonyl (C=O) groups excluding carboxylic acids is 2. The van der Waals surface area contributed by atoms with Gasteiger partial charge < -0.3 is 4.74 Å². The number of quaternary nitrogens is 1. The van der Waals surface area contributed by atoms with E-state index in [9.17, 15) is 19.7 Å². The van der Waals surface area contributed by atoms with Crippen LogP contribution in [0.2, 0.25) is 0 Å². The number of nitrogens with zero attached hydrogens (tertiary/aromatic N) is 3. The van der Waals surface area contributed by atoms with Gasteiger partial charge in [0.1, 0.15) is 6.54 Å². The lowest BCUT2D eigenvalue weighted by Gasteiger charge is -2.35. The fourth-order valence-electron chi connectivity index (χ4n) is 3.41. The van der Waals surface area contributed by atoms with Gasteiger partial charge in [-0.2, -0.15) is 4.48 Å². The minimum Gasteiger partial charge on any atom is -0.393 e. The summed E-state index contributed by atoms with van der Waals surface area (Å²) < 4.78 is 4.41. The molecule has 2 atom stereocenters. The van der Waals surface area contributed by atoms with Crippen molar-refractivity contribution in [3.8, 4) is 0 Å². The van der Waals surface area contributed by atoms with Gasteiger partial charge in [0, 0.05) is 23.3 Å². The molecule has 0 spiro atoms. The van der Waals surface area contributed by atoms with Crippen LogP contribution in [0, 0.1) is 10.1 Å². The fraction of sp³-hybridized carbons (Fsp3) is 0.105. The zero-order valence-corrected chi connectivity index (χ0v) is 16.1. The fourth-order valence-corrected chi connectivity index (χ4v) is 4.03. The minimum absolute atomic E-state index is 0.00390. The number of non-ortho nitro benzene ring substituents is 1. The predicted octanol–water partition coefficient (Wildman–Crippen LogP) is 3.54. The van der Waals surface area contributed by atoms with Crippen molar-refractivity contribution in [3.05, 3.63) is 81.0 Å². The van der Waals surface area contributed by atoms with Crippen LogP contribution in [0.3, 0.4) is 0 Å². The number of rotatable bonds is 5. The summed E-state index contributed by atoms with van der Waals surface area (Å²) in [5, 5.41) is 10.7. The van der Waals surface area contributed by atoms with Crippen LogP contribution in [0.15, 0.2) is 64.7 Å². The second-order valence-electron chi connectivity index (χ2n) is 6.46. The van der Waals surface area contributed by atoms with Crippen LogP contribution in [0.5, 0.6) is 0 Å². The largest absolute Gasteiger partial charge is 0.414 e. The van der Waals surface area contributed by atoms with Gasteiger partial charge in [0.15, 0.2) is 10.9 Å². The van der Waals surface area contributed by atoms with Crippen LogP contribution >= 0.6 is 23.2 Å². The van der Waals surface area contributed by atoms with Crippen LogP contribution in [0.25, 0.3) is 5.70 Å². The van der Waals surface area contributed by atoms with Gasteiger partial charge in [-0.15, -0.1) is 0 Å². The molecule has 2 aromatic carbocycles. The molecule has 8 nitrogen and oxygen atoms in total. The third-order valence-electron chi connectivity index (χ3n) is 4.71. The molecule has 4 rings (SSSR count). The average molecular weight is 433 g/mol.